The monoisotopic (exact) mass is 350 g/mol. The number of hydrogen-bond donors (Lipinski definition) is 1. The van der Waals surface area contributed by atoms with Crippen LogP contribution in [-0.4, -0.2) is 10.9 Å². The van der Waals surface area contributed by atoms with E-state index in [1.807, 2.05) is 17.5 Å². The average molecular weight is 350 g/mol. The lowest BCUT2D eigenvalue weighted by atomic mass is 10.0. The molecule has 4 heteroatoms. The normalized spacial score (nSPS) is 14.9. The number of nitrogens with one attached hydrogen (secondary N) is 1. The van der Waals surface area contributed by atoms with Crippen molar-refractivity contribution in [2.75, 3.05) is 5.32 Å². The molecule has 1 aromatic heterocycles. The lowest BCUT2D eigenvalue weighted by Gasteiger charge is -2.07. The highest BCUT2D eigenvalue weighted by atomic mass is 32.1. The SMILES string of the molecule is O=C(CCC1CCCC1)Nc1nc(-c2cccc3ccccc23)cs1. The van der Waals surface area contributed by atoms with E-state index in [2.05, 4.69) is 40.6 Å². The number of amides is 1. The molecular formula is C21H22N2OS. The standard InChI is InChI=1S/C21H22N2OS/c24-20(13-12-15-6-1-2-7-15)23-21-22-19(14-25-21)18-11-5-9-16-8-3-4-10-17(16)18/h3-5,8-11,14-15H,1-2,6-7,12-13H2,(H,22,23,24). The second kappa shape index (κ2) is 7.36. The van der Waals surface area contributed by atoms with Crippen molar-refractivity contribution in [1.82, 2.24) is 4.98 Å². The molecule has 1 heterocycles. The zero-order chi connectivity index (χ0) is 17.1. The van der Waals surface area contributed by atoms with Crippen molar-refractivity contribution >= 4 is 33.1 Å². The van der Waals surface area contributed by atoms with Gasteiger partial charge in [-0.1, -0.05) is 68.1 Å². The fraction of sp³-hybridized carbons (Fsp3) is 0.333. The third-order valence-corrected chi connectivity index (χ3v) is 5.83. The number of carbonyl (C=O) groups is 1. The van der Waals surface area contributed by atoms with Gasteiger partial charge < -0.3 is 5.32 Å². The molecular weight excluding hydrogens is 328 g/mol. The summed E-state index contributed by atoms with van der Waals surface area (Å²) in [6.07, 6.45) is 6.84. The zero-order valence-electron chi connectivity index (χ0n) is 14.2. The third-order valence-electron chi connectivity index (χ3n) is 5.07. The molecule has 1 aliphatic carbocycles. The van der Waals surface area contributed by atoms with Crippen LogP contribution in [0.25, 0.3) is 22.0 Å². The van der Waals surface area contributed by atoms with E-state index in [0.29, 0.717) is 11.6 Å². The smallest absolute Gasteiger partial charge is 0.226 e. The summed E-state index contributed by atoms with van der Waals surface area (Å²) in [7, 11) is 0. The molecule has 0 spiro atoms. The van der Waals surface area contributed by atoms with E-state index < -0.39 is 0 Å². The molecule has 1 N–H and O–H groups in total. The van der Waals surface area contributed by atoms with E-state index >= 15 is 0 Å². The Morgan fingerprint density at radius 2 is 1.92 bits per heavy atom. The molecule has 1 amide bonds. The molecule has 4 rings (SSSR count). The van der Waals surface area contributed by atoms with Crippen LogP contribution < -0.4 is 5.32 Å². The van der Waals surface area contributed by atoms with Gasteiger partial charge in [0.15, 0.2) is 5.13 Å². The third kappa shape index (κ3) is 3.74. The van der Waals surface area contributed by atoms with Gasteiger partial charge in [0.25, 0.3) is 0 Å². The van der Waals surface area contributed by atoms with Gasteiger partial charge in [-0.3, -0.25) is 4.79 Å². The average Bonchev–Trinajstić information content (AvgIpc) is 3.31. The van der Waals surface area contributed by atoms with Gasteiger partial charge in [-0.2, -0.15) is 0 Å². The quantitative estimate of drug-likeness (QED) is 0.625. The maximum absolute atomic E-state index is 12.2. The summed E-state index contributed by atoms with van der Waals surface area (Å²) < 4.78 is 0. The van der Waals surface area contributed by atoms with Crippen molar-refractivity contribution in [2.45, 2.75) is 38.5 Å². The molecule has 0 atom stereocenters. The van der Waals surface area contributed by atoms with Gasteiger partial charge in [-0.05, 0) is 23.1 Å². The Morgan fingerprint density at radius 1 is 1.12 bits per heavy atom. The molecule has 1 saturated carbocycles. The summed E-state index contributed by atoms with van der Waals surface area (Å²) in [5.41, 5.74) is 2.04. The van der Waals surface area contributed by atoms with Gasteiger partial charge in [0, 0.05) is 17.4 Å². The first-order valence-electron chi connectivity index (χ1n) is 9.03. The molecule has 0 radical (unpaired) electrons. The Hall–Kier alpha value is -2.20. The minimum absolute atomic E-state index is 0.0886. The molecule has 25 heavy (non-hydrogen) atoms. The molecule has 1 aliphatic rings. The highest BCUT2D eigenvalue weighted by Crippen LogP contribution is 2.31. The van der Waals surface area contributed by atoms with Crippen LogP contribution in [0.5, 0.6) is 0 Å². The Labute approximate surface area is 152 Å². The first kappa shape index (κ1) is 16.3. The van der Waals surface area contributed by atoms with Gasteiger partial charge in [-0.15, -0.1) is 11.3 Å². The number of benzene rings is 2. The first-order chi connectivity index (χ1) is 12.3. The molecule has 0 aliphatic heterocycles. The number of aromatic nitrogens is 1. The maximum Gasteiger partial charge on any atom is 0.226 e. The van der Waals surface area contributed by atoms with Crippen LogP contribution in [0.15, 0.2) is 47.8 Å². The summed E-state index contributed by atoms with van der Waals surface area (Å²) in [6.45, 7) is 0. The second-order valence-corrected chi connectivity index (χ2v) is 7.66. The number of anilines is 1. The summed E-state index contributed by atoms with van der Waals surface area (Å²) in [4.78, 5) is 16.8. The lowest BCUT2D eigenvalue weighted by Crippen LogP contribution is -2.12. The Kier molecular flexibility index (Phi) is 4.79. The van der Waals surface area contributed by atoms with Crippen LogP contribution in [0.1, 0.15) is 38.5 Å². The van der Waals surface area contributed by atoms with Crippen molar-refractivity contribution < 1.29 is 4.79 Å². The van der Waals surface area contributed by atoms with E-state index in [1.165, 1.54) is 47.8 Å². The van der Waals surface area contributed by atoms with E-state index in [9.17, 15) is 4.79 Å². The molecule has 3 aromatic rings. The summed E-state index contributed by atoms with van der Waals surface area (Å²) in [6, 6.07) is 14.6. The number of nitrogens with zero attached hydrogens (tertiary/aromatic N) is 1. The van der Waals surface area contributed by atoms with Gasteiger partial charge in [-0.25, -0.2) is 4.98 Å². The van der Waals surface area contributed by atoms with Gasteiger partial charge in [0.05, 0.1) is 5.69 Å². The molecule has 128 valence electrons. The van der Waals surface area contributed by atoms with Crippen molar-refractivity contribution in [2.24, 2.45) is 5.92 Å². The molecule has 2 aromatic carbocycles. The Bertz CT molecular complexity index is 875. The molecule has 1 fully saturated rings. The lowest BCUT2D eigenvalue weighted by molar-refractivity contribution is -0.116. The summed E-state index contributed by atoms with van der Waals surface area (Å²) >= 11 is 1.50. The van der Waals surface area contributed by atoms with Crippen LogP contribution in [0, 0.1) is 5.92 Å². The fourth-order valence-corrected chi connectivity index (χ4v) is 4.45. The summed E-state index contributed by atoms with van der Waals surface area (Å²) in [5, 5.41) is 8.08. The van der Waals surface area contributed by atoms with Crippen molar-refractivity contribution in [1.29, 1.82) is 0 Å². The second-order valence-electron chi connectivity index (χ2n) is 6.80. The largest absolute Gasteiger partial charge is 0.302 e. The molecule has 0 saturated heterocycles. The first-order valence-corrected chi connectivity index (χ1v) is 9.91. The Morgan fingerprint density at radius 3 is 2.80 bits per heavy atom. The number of carbonyl (C=O) groups excluding carboxylic acids is 1. The van der Waals surface area contributed by atoms with Crippen LogP contribution in [-0.2, 0) is 4.79 Å². The number of thiazole rings is 1. The highest BCUT2D eigenvalue weighted by molar-refractivity contribution is 7.14. The molecule has 0 bridgehead atoms. The predicted octanol–water partition coefficient (Wildman–Crippen LogP) is 5.87. The topological polar surface area (TPSA) is 42.0 Å². The van der Waals surface area contributed by atoms with Crippen LogP contribution in [0.2, 0.25) is 0 Å². The summed E-state index contributed by atoms with van der Waals surface area (Å²) in [5.74, 6) is 0.832. The Balaban J connectivity index is 1.45. The number of hydrogen-bond acceptors (Lipinski definition) is 3. The van der Waals surface area contributed by atoms with E-state index in [0.717, 1.165) is 23.6 Å². The van der Waals surface area contributed by atoms with Gasteiger partial charge in [0.1, 0.15) is 0 Å². The van der Waals surface area contributed by atoms with Crippen LogP contribution in [0.3, 0.4) is 0 Å². The van der Waals surface area contributed by atoms with Crippen LogP contribution >= 0.6 is 11.3 Å². The predicted molar refractivity (Wildman–Crippen MR) is 105 cm³/mol. The van der Waals surface area contributed by atoms with E-state index in [4.69, 9.17) is 0 Å². The van der Waals surface area contributed by atoms with Crippen LogP contribution in [0.4, 0.5) is 5.13 Å². The zero-order valence-corrected chi connectivity index (χ0v) is 15.0. The molecule has 0 unspecified atom stereocenters. The maximum atomic E-state index is 12.2. The number of rotatable bonds is 5. The van der Waals surface area contributed by atoms with E-state index in [-0.39, 0.29) is 5.91 Å². The van der Waals surface area contributed by atoms with Gasteiger partial charge in [0.2, 0.25) is 5.91 Å². The highest BCUT2D eigenvalue weighted by Gasteiger charge is 2.17. The van der Waals surface area contributed by atoms with Gasteiger partial charge >= 0.3 is 0 Å². The minimum atomic E-state index is 0.0886. The number of fused-ring (bicyclic) bond motifs is 1. The van der Waals surface area contributed by atoms with Crippen molar-refractivity contribution in [3.8, 4) is 11.3 Å². The minimum Gasteiger partial charge on any atom is -0.302 e. The fourth-order valence-electron chi connectivity index (χ4n) is 3.72. The molecule has 3 nitrogen and oxygen atoms in total. The van der Waals surface area contributed by atoms with Crippen molar-refractivity contribution in [3.63, 3.8) is 0 Å². The van der Waals surface area contributed by atoms with Crippen molar-refractivity contribution in [3.05, 3.63) is 47.8 Å². The van der Waals surface area contributed by atoms with E-state index in [1.54, 1.807) is 0 Å².